The Morgan fingerprint density at radius 1 is 0.820 bits per heavy atom. The van der Waals surface area contributed by atoms with Gasteiger partial charge in [-0.1, -0.05) is 29.8 Å². The summed E-state index contributed by atoms with van der Waals surface area (Å²) in [5, 5.41) is 3.10. The number of carbonyl (C=O) groups is 4. The van der Waals surface area contributed by atoms with E-state index in [1.807, 2.05) is 45.9 Å². The number of piperidine rings is 2. The molecule has 15 heteroatoms. The molecule has 0 saturated carbocycles. The number of aryl methyl sites for hydroxylation is 1. The number of hydrogen-bond donors (Lipinski definition) is 1. The van der Waals surface area contributed by atoms with Gasteiger partial charge in [0.1, 0.15) is 30.2 Å². The van der Waals surface area contributed by atoms with E-state index >= 15 is 0 Å². The molecule has 2 unspecified atom stereocenters. The molecule has 2 aliphatic rings. The SMILES string of the molecule is Cc1ccc(S(=O)(=O)OCCOc2ccc(-c3cncc(C(CC(=O)OC(C)(C)C)NC(=O)C4CCCN(C(=O)CCC5CCN(C(=O)OC(C)(C)C)CC5)C4)c3)cc2)cc1. The highest BCUT2D eigenvalue weighted by Crippen LogP contribution is 2.29. The first-order chi connectivity index (χ1) is 28.7. The van der Waals surface area contributed by atoms with Crippen molar-refractivity contribution in [1.82, 2.24) is 20.1 Å². The number of esters is 1. The van der Waals surface area contributed by atoms with Crippen molar-refractivity contribution < 1.29 is 46.0 Å². The molecule has 2 atom stereocenters. The highest BCUT2D eigenvalue weighted by Gasteiger charge is 2.32. The molecule has 2 fully saturated rings. The van der Waals surface area contributed by atoms with E-state index in [0.717, 1.165) is 36.0 Å². The van der Waals surface area contributed by atoms with Crippen molar-refractivity contribution in [2.24, 2.45) is 11.8 Å². The number of rotatable bonds is 15. The lowest BCUT2D eigenvalue weighted by Crippen LogP contribution is -2.46. The molecule has 1 N–H and O–H groups in total. The van der Waals surface area contributed by atoms with Gasteiger partial charge in [0.15, 0.2) is 0 Å². The van der Waals surface area contributed by atoms with Crippen LogP contribution in [0.4, 0.5) is 4.79 Å². The summed E-state index contributed by atoms with van der Waals surface area (Å²) in [5.74, 6) is -0.308. The molecule has 0 bridgehead atoms. The Morgan fingerprint density at radius 3 is 2.15 bits per heavy atom. The fourth-order valence-corrected chi connectivity index (χ4v) is 8.24. The minimum absolute atomic E-state index is 0.0125. The molecular formula is C46H62N4O10S. The van der Waals surface area contributed by atoms with Gasteiger partial charge in [-0.2, -0.15) is 8.42 Å². The van der Waals surface area contributed by atoms with E-state index in [1.165, 1.54) is 12.1 Å². The molecule has 0 radical (unpaired) electrons. The number of benzene rings is 2. The Bertz CT molecular complexity index is 2070. The van der Waals surface area contributed by atoms with Gasteiger partial charge in [0.25, 0.3) is 10.1 Å². The largest absolute Gasteiger partial charge is 0.491 e. The number of aromatic nitrogens is 1. The average Bonchev–Trinajstić information content (AvgIpc) is 3.20. The van der Waals surface area contributed by atoms with Crippen LogP contribution >= 0.6 is 0 Å². The van der Waals surface area contributed by atoms with Crippen molar-refractivity contribution in [3.05, 3.63) is 78.1 Å². The first-order valence-electron chi connectivity index (χ1n) is 21.2. The molecule has 332 valence electrons. The zero-order chi connectivity index (χ0) is 44.4. The van der Waals surface area contributed by atoms with Crippen LogP contribution in [0.5, 0.6) is 5.75 Å². The van der Waals surface area contributed by atoms with E-state index in [9.17, 15) is 27.6 Å². The minimum atomic E-state index is -3.90. The molecule has 14 nitrogen and oxygen atoms in total. The van der Waals surface area contributed by atoms with Crippen LogP contribution in [0.25, 0.3) is 11.1 Å². The second-order valence-corrected chi connectivity index (χ2v) is 19.6. The zero-order valence-corrected chi connectivity index (χ0v) is 37.4. The van der Waals surface area contributed by atoms with E-state index in [0.29, 0.717) is 62.7 Å². The van der Waals surface area contributed by atoms with Crippen LogP contribution in [0.3, 0.4) is 0 Å². The molecule has 3 aromatic rings. The summed E-state index contributed by atoms with van der Waals surface area (Å²) in [7, 11) is -3.90. The molecule has 5 rings (SSSR count). The zero-order valence-electron chi connectivity index (χ0n) is 36.6. The first-order valence-corrected chi connectivity index (χ1v) is 22.6. The normalized spacial score (nSPS) is 17.0. The van der Waals surface area contributed by atoms with Crippen molar-refractivity contribution in [3.8, 4) is 16.9 Å². The third kappa shape index (κ3) is 14.8. The van der Waals surface area contributed by atoms with Crippen LogP contribution in [-0.2, 0) is 38.2 Å². The van der Waals surface area contributed by atoms with Crippen LogP contribution in [-0.4, -0.2) is 97.7 Å². The van der Waals surface area contributed by atoms with Crippen LogP contribution < -0.4 is 10.1 Å². The van der Waals surface area contributed by atoms with E-state index in [2.05, 4.69) is 10.3 Å². The summed E-state index contributed by atoms with van der Waals surface area (Å²) < 4.78 is 47.0. The third-order valence-electron chi connectivity index (χ3n) is 10.5. The van der Waals surface area contributed by atoms with Crippen molar-refractivity contribution in [1.29, 1.82) is 0 Å². The predicted molar refractivity (Wildman–Crippen MR) is 230 cm³/mol. The summed E-state index contributed by atoms with van der Waals surface area (Å²) in [6.07, 6.45) is 6.91. The van der Waals surface area contributed by atoms with E-state index < -0.39 is 39.2 Å². The number of pyridine rings is 1. The number of nitrogens with zero attached hydrogens (tertiary/aromatic N) is 3. The highest BCUT2D eigenvalue weighted by molar-refractivity contribution is 7.86. The average molecular weight is 863 g/mol. The van der Waals surface area contributed by atoms with Gasteiger partial charge in [0, 0.05) is 50.6 Å². The first kappa shape index (κ1) is 47.0. The Balaban J connectivity index is 1.17. The summed E-state index contributed by atoms with van der Waals surface area (Å²) in [6.45, 7) is 14.7. The van der Waals surface area contributed by atoms with E-state index in [-0.39, 0.29) is 42.4 Å². The summed E-state index contributed by atoms with van der Waals surface area (Å²) in [4.78, 5) is 61.0. The maximum Gasteiger partial charge on any atom is 0.410 e. The van der Waals surface area contributed by atoms with E-state index in [1.54, 1.807) is 67.2 Å². The molecule has 0 aliphatic carbocycles. The van der Waals surface area contributed by atoms with Crippen LogP contribution in [0.15, 0.2) is 71.9 Å². The maximum absolute atomic E-state index is 13.9. The number of amides is 3. The quantitative estimate of drug-likeness (QED) is 0.0918. The van der Waals surface area contributed by atoms with Gasteiger partial charge in [-0.25, -0.2) is 4.79 Å². The Kier molecular flexibility index (Phi) is 16.0. The molecule has 1 aromatic heterocycles. The number of likely N-dealkylation sites (tertiary alicyclic amines) is 2. The van der Waals surface area contributed by atoms with Gasteiger partial charge in [-0.3, -0.25) is 23.6 Å². The third-order valence-corrected chi connectivity index (χ3v) is 11.9. The molecule has 3 heterocycles. The molecule has 0 spiro atoms. The monoisotopic (exact) mass is 862 g/mol. The smallest absolute Gasteiger partial charge is 0.410 e. The Morgan fingerprint density at radius 2 is 1.49 bits per heavy atom. The maximum atomic E-state index is 13.9. The Hall–Kier alpha value is -5.02. The van der Waals surface area contributed by atoms with Crippen LogP contribution in [0.1, 0.15) is 104 Å². The molecule has 2 aromatic carbocycles. The summed E-state index contributed by atoms with van der Waals surface area (Å²) >= 11 is 0. The van der Waals surface area contributed by atoms with E-state index in [4.69, 9.17) is 18.4 Å². The van der Waals surface area contributed by atoms with Crippen molar-refractivity contribution in [2.75, 3.05) is 39.4 Å². The lowest BCUT2D eigenvalue weighted by atomic mass is 9.91. The summed E-state index contributed by atoms with van der Waals surface area (Å²) in [6, 6.07) is 14.7. The topological polar surface area (TPSA) is 171 Å². The number of hydrogen-bond acceptors (Lipinski definition) is 11. The van der Waals surface area contributed by atoms with Crippen LogP contribution in [0, 0.1) is 18.8 Å². The molecular weight excluding hydrogens is 801 g/mol. The van der Waals surface area contributed by atoms with Crippen molar-refractivity contribution in [3.63, 3.8) is 0 Å². The molecule has 2 saturated heterocycles. The molecule has 2 aliphatic heterocycles. The van der Waals surface area contributed by atoms with Gasteiger partial charge >= 0.3 is 12.1 Å². The van der Waals surface area contributed by atoms with Crippen molar-refractivity contribution in [2.45, 2.75) is 116 Å². The predicted octanol–water partition coefficient (Wildman–Crippen LogP) is 7.40. The lowest BCUT2D eigenvalue weighted by molar-refractivity contribution is -0.155. The van der Waals surface area contributed by atoms with Gasteiger partial charge < -0.3 is 29.3 Å². The van der Waals surface area contributed by atoms with Gasteiger partial charge in [-0.15, -0.1) is 0 Å². The summed E-state index contributed by atoms with van der Waals surface area (Å²) in [5.41, 5.74) is 1.83. The number of carbonyl (C=O) groups excluding carboxylic acids is 4. The fourth-order valence-electron chi connectivity index (χ4n) is 7.35. The molecule has 3 amide bonds. The standard InChI is InChI=1S/C46H62N4O10S/c1-32-10-17-39(18-11-32)61(55,56)58-26-25-57-38-15-13-34(14-16-38)36-27-37(30-47-29-36)40(28-42(52)59-45(2,3)4)48-43(53)35-9-8-22-50(31-35)41(51)19-12-33-20-23-49(24-21-33)44(54)60-46(5,6)7/h10-11,13-18,27,29-30,33,35,40H,8-9,12,19-26,28,31H2,1-7H3,(H,48,53). The number of ether oxygens (including phenoxy) is 3. The van der Waals surface area contributed by atoms with Crippen molar-refractivity contribution >= 4 is 34.0 Å². The van der Waals surface area contributed by atoms with Gasteiger partial charge in [-0.05, 0) is 128 Å². The Labute approximate surface area is 360 Å². The molecule has 61 heavy (non-hydrogen) atoms. The lowest BCUT2D eigenvalue weighted by Gasteiger charge is -2.35. The second kappa shape index (κ2) is 20.7. The minimum Gasteiger partial charge on any atom is -0.491 e. The second-order valence-electron chi connectivity index (χ2n) is 17.9. The fraction of sp³-hybridized carbons (Fsp3) is 0.543. The van der Waals surface area contributed by atoms with Gasteiger partial charge in [0.05, 0.1) is 23.3 Å². The highest BCUT2D eigenvalue weighted by atomic mass is 32.2. The van der Waals surface area contributed by atoms with Gasteiger partial charge in [0.2, 0.25) is 11.8 Å². The van der Waals surface area contributed by atoms with Crippen LogP contribution in [0.2, 0.25) is 0 Å². The number of nitrogens with one attached hydrogen (secondary N) is 1.